The zero-order valence-electron chi connectivity index (χ0n) is 14.0. The minimum Gasteiger partial charge on any atom is -0.430 e. The fourth-order valence-corrected chi connectivity index (χ4v) is 4.13. The van der Waals surface area contributed by atoms with Gasteiger partial charge in [-0.3, -0.25) is 0 Å². The van der Waals surface area contributed by atoms with Crippen molar-refractivity contribution < 1.29 is 4.65 Å². The number of fused-ring (bicyclic) bond motifs is 5. The van der Waals surface area contributed by atoms with Crippen molar-refractivity contribution in [1.29, 1.82) is 0 Å². The highest BCUT2D eigenvalue weighted by Gasteiger charge is 2.46. The van der Waals surface area contributed by atoms with Crippen molar-refractivity contribution >= 4 is 44.7 Å². The van der Waals surface area contributed by atoms with E-state index >= 15 is 0 Å². The first-order valence-electron chi connectivity index (χ1n) is 8.60. The van der Waals surface area contributed by atoms with E-state index in [1.165, 1.54) is 37.8 Å². The molecule has 1 nitrogen and oxygen atoms in total. The van der Waals surface area contributed by atoms with Gasteiger partial charge in [0.05, 0.1) is 0 Å². The zero-order chi connectivity index (χ0) is 16.3. The summed E-state index contributed by atoms with van der Waals surface area (Å²) >= 11 is 0. The van der Waals surface area contributed by atoms with Crippen LogP contribution >= 0.6 is 0 Å². The molecule has 1 fully saturated rings. The first-order chi connectivity index (χ1) is 11.6. The molecule has 0 radical (unpaired) electrons. The van der Waals surface area contributed by atoms with Gasteiger partial charge in [0.25, 0.3) is 0 Å². The van der Waals surface area contributed by atoms with Crippen LogP contribution in [0.25, 0.3) is 32.3 Å². The van der Waals surface area contributed by atoms with E-state index in [0.717, 1.165) is 6.61 Å². The van der Waals surface area contributed by atoms with Gasteiger partial charge in [0.2, 0.25) is 0 Å². The van der Waals surface area contributed by atoms with E-state index in [0.29, 0.717) is 0 Å². The van der Waals surface area contributed by atoms with Crippen molar-refractivity contribution in [1.82, 2.24) is 0 Å². The molecule has 1 heterocycles. The summed E-state index contributed by atoms with van der Waals surface area (Å²) in [6.45, 7) is 5.60. The average molecular weight is 310 g/mol. The van der Waals surface area contributed by atoms with Crippen LogP contribution in [0, 0.1) is 0 Å². The quantitative estimate of drug-likeness (QED) is 0.349. The predicted molar refractivity (Wildman–Crippen MR) is 104 cm³/mol. The van der Waals surface area contributed by atoms with Crippen LogP contribution in [0.15, 0.2) is 66.7 Å². The average Bonchev–Trinajstić information content (AvgIpc) is 2.60. The molecule has 1 saturated heterocycles. The van der Waals surface area contributed by atoms with Crippen LogP contribution in [0.4, 0.5) is 0 Å². The van der Waals surface area contributed by atoms with Gasteiger partial charge in [0.15, 0.2) is 0 Å². The maximum atomic E-state index is 5.98. The summed E-state index contributed by atoms with van der Waals surface area (Å²) in [5, 5.41) is 8.11. The number of hydrogen-bond acceptors (Lipinski definition) is 1. The summed E-state index contributed by atoms with van der Waals surface area (Å²) in [5.41, 5.74) is 1.32. The van der Waals surface area contributed by atoms with Gasteiger partial charge in [-0.15, -0.1) is 0 Å². The molecule has 0 bridgehead atoms. The van der Waals surface area contributed by atoms with E-state index in [9.17, 15) is 0 Å². The third-order valence-electron chi connectivity index (χ3n) is 5.41. The van der Waals surface area contributed by atoms with Gasteiger partial charge < -0.3 is 4.65 Å². The monoisotopic (exact) mass is 310 g/mol. The second kappa shape index (κ2) is 4.84. The lowest BCUT2D eigenvalue weighted by molar-refractivity contribution is 0.190. The molecule has 1 aliphatic heterocycles. The Labute approximate surface area is 142 Å². The highest BCUT2D eigenvalue weighted by atomic mass is 16.5. The zero-order valence-corrected chi connectivity index (χ0v) is 14.0. The molecule has 0 saturated carbocycles. The third-order valence-corrected chi connectivity index (χ3v) is 5.41. The molecule has 24 heavy (non-hydrogen) atoms. The summed E-state index contributed by atoms with van der Waals surface area (Å²) < 4.78 is 5.98. The summed E-state index contributed by atoms with van der Waals surface area (Å²) in [6, 6.07) is 24.2. The predicted octanol–water partition coefficient (Wildman–Crippen LogP) is 5.16. The molecule has 0 spiro atoms. The minimum absolute atomic E-state index is 0.179. The topological polar surface area (TPSA) is 9.23 Å². The highest BCUT2D eigenvalue weighted by molar-refractivity contribution is 6.75. The Morgan fingerprint density at radius 2 is 1.50 bits per heavy atom. The second-order valence-electron chi connectivity index (χ2n) is 7.57. The number of benzene rings is 4. The Hall–Kier alpha value is -2.32. The van der Waals surface area contributed by atoms with Crippen molar-refractivity contribution in [3.63, 3.8) is 0 Å². The van der Waals surface area contributed by atoms with E-state index in [-0.39, 0.29) is 12.2 Å². The van der Waals surface area contributed by atoms with Gasteiger partial charge in [-0.05, 0) is 43.1 Å². The molecule has 1 aliphatic rings. The molecule has 4 aromatic rings. The van der Waals surface area contributed by atoms with Gasteiger partial charge in [-0.2, -0.15) is 0 Å². The van der Waals surface area contributed by atoms with Crippen LogP contribution in [-0.4, -0.2) is 13.5 Å². The third kappa shape index (κ3) is 1.87. The van der Waals surface area contributed by atoms with E-state index in [1.807, 2.05) is 0 Å². The van der Waals surface area contributed by atoms with Crippen molar-refractivity contribution in [2.75, 3.05) is 6.61 Å². The Morgan fingerprint density at radius 1 is 0.750 bits per heavy atom. The lowest BCUT2D eigenvalue weighted by Crippen LogP contribution is -2.54. The minimum atomic E-state index is 0.179. The Bertz CT molecular complexity index is 1100. The van der Waals surface area contributed by atoms with Crippen LogP contribution in [0.2, 0.25) is 5.31 Å². The number of hydrogen-bond donors (Lipinski definition) is 0. The smallest absolute Gasteiger partial charge is 0.335 e. The molecular weight excluding hydrogens is 291 g/mol. The van der Waals surface area contributed by atoms with Crippen molar-refractivity contribution in [2.24, 2.45) is 0 Å². The molecule has 0 aliphatic carbocycles. The van der Waals surface area contributed by atoms with Crippen molar-refractivity contribution in [3.05, 3.63) is 66.7 Å². The van der Waals surface area contributed by atoms with Crippen LogP contribution < -0.4 is 5.46 Å². The summed E-state index contributed by atoms with van der Waals surface area (Å²) in [4.78, 5) is 0. The Morgan fingerprint density at radius 3 is 2.29 bits per heavy atom. The number of rotatable bonds is 1. The Balaban J connectivity index is 1.91. The lowest BCUT2D eigenvalue weighted by Gasteiger charge is -2.42. The molecule has 2 heteroatoms. The van der Waals surface area contributed by atoms with E-state index < -0.39 is 0 Å². The highest BCUT2D eigenvalue weighted by Crippen LogP contribution is 2.40. The maximum Gasteiger partial charge on any atom is 0.335 e. The van der Waals surface area contributed by atoms with Crippen LogP contribution in [-0.2, 0) is 4.65 Å². The fourth-order valence-electron chi connectivity index (χ4n) is 4.13. The van der Waals surface area contributed by atoms with Gasteiger partial charge >= 0.3 is 6.92 Å². The van der Waals surface area contributed by atoms with Crippen molar-refractivity contribution in [3.8, 4) is 0 Å². The molecule has 0 N–H and O–H groups in total. The summed E-state index contributed by atoms with van der Waals surface area (Å²) in [5.74, 6) is 0. The molecule has 4 aromatic carbocycles. The van der Waals surface area contributed by atoms with E-state index in [2.05, 4.69) is 80.6 Å². The van der Waals surface area contributed by atoms with E-state index in [1.54, 1.807) is 0 Å². The standard InChI is InChI=1S/C22H19BO/c1-22(2)14-24-23(22)20-9-5-7-16-11-12-18-17-8-4-3-6-15(17)10-13-19(18)21(16)20/h3-13H,14H2,1-2H3. The van der Waals surface area contributed by atoms with Gasteiger partial charge in [0, 0.05) is 6.61 Å². The Kier molecular flexibility index (Phi) is 2.84. The largest absolute Gasteiger partial charge is 0.430 e. The van der Waals surface area contributed by atoms with Gasteiger partial charge in [-0.25, -0.2) is 0 Å². The first-order valence-corrected chi connectivity index (χ1v) is 8.60. The maximum absolute atomic E-state index is 5.98. The van der Waals surface area contributed by atoms with E-state index in [4.69, 9.17) is 4.65 Å². The van der Waals surface area contributed by atoms with Gasteiger partial charge in [0.1, 0.15) is 0 Å². The van der Waals surface area contributed by atoms with Crippen LogP contribution in [0.5, 0.6) is 0 Å². The SMILES string of the molecule is CC1(C)COB1c1cccc2ccc3c4ccccc4ccc3c12. The normalized spacial score (nSPS) is 16.7. The van der Waals surface area contributed by atoms with Gasteiger partial charge in [-0.1, -0.05) is 80.6 Å². The molecule has 0 amide bonds. The lowest BCUT2D eigenvalue weighted by atomic mass is 9.38. The van der Waals surface area contributed by atoms with Crippen LogP contribution in [0.3, 0.4) is 0 Å². The van der Waals surface area contributed by atoms with Crippen LogP contribution in [0.1, 0.15) is 13.8 Å². The fraction of sp³-hybridized carbons (Fsp3) is 0.182. The first kappa shape index (κ1) is 14.1. The molecule has 0 unspecified atom stereocenters. The molecule has 0 aromatic heterocycles. The molecular formula is C22H19BO. The summed E-state index contributed by atoms with van der Waals surface area (Å²) in [7, 11) is 0. The second-order valence-corrected chi connectivity index (χ2v) is 7.57. The molecule has 116 valence electrons. The van der Waals surface area contributed by atoms with Crippen molar-refractivity contribution in [2.45, 2.75) is 19.2 Å². The molecule has 0 atom stereocenters. The summed E-state index contributed by atoms with van der Waals surface area (Å²) in [6.07, 6.45) is 0. The molecule has 5 rings (SSSR count).